The number of nitrogens with one attached hydrogen (secondary N) is 1. The molecule has 2 aromatic carbocycles. The van der Waals surface area contributed by atoms with Crippen molar-refractivity contribution in [2.45, 2.75) is 43.8 Å². The Kier molecular flexibility index (Phi) is 11.0. The molecular formula is C34H29Cl2F6N5O3S2. The highest BCUT2D eigenvalue weighted by Gasteiger charge is 2.46. The van der Waals surface area contributed by atoms with E-state index in [0.29, 0.717) is 33.4 Å². The number of benzene rings is 2. The van der Waals surface area contributed by atoms with Gasteiger partial charge in [-0.1, -0.05) is 41.5 Å². The summed E-state index contributed by atoms with van der Waals surface area (Å²) in [5.74, 6) is 2.31. The molecule has 2 fully saturated rings. The topological polar surface area (TPSA) is 87.5 Å². The van der Waals surface area contributed by atoms with Crippen LogP contribution in [-0.2, 0) is 22.0 Å². The molecule has 1 amide bonds. The summed E-state index contributed by atoms with van der Waals surface area (Å²) in [4.78, 5) is 14.7. The van der Waals surface area contributed by atoms with Crippen LogP contribution in [0.1, 0.15) is 57.7 Å². The maximum absolute atomic E-state index is 13.9. The number of nitrogens with zero attached hydrogens (tertiary/aromatic N) is 4. The molecule has 0 radical (unpaired) electrons. The number of carbonyl (C=O) groups excluding carboxylic acids is 1. The van der Waals surface area contributed by atoms with Crippen molar-refractivity contribution in [1.82, 2.24) is 24.5 Å². The maximum Gasteiger partial charge on any atom is 0.416 e. The number of aromatic nitrogens is 2. The molecule has 1 N–H and O–H groups in total. The third-order valence-corrected chi connectivity index (χ3v) is 12.0. The molecule has 1 unspecified atom stereocenters. The zero-order valence-electron chi connectivity index (χ0n) is 27.0. The van der Waals surface area contributed by atoms with E-state index >= 15 is 0 Å². The van der Waals surface area contributed by atoms with Crippen LogP contribution in [0.25, 0.3) is 16.3 Å². The molecule has 2 saturated heterocycles. The Morgan fingerprint density at radius 1 is 0.942 bits per heavy atom. The lowest BCUT2D eigenvalue weighted by molar-refractivity contribution is -0.169. The van der Waals surface area contributed by atoms with E-state index in [9.17, 15) is 39.6 Å². The molecule has 8 nitrogen and oxygen atoms in total. The number of hydrogen-bond donors (Lipinski definition) is 1. The van der Waals surface area contributed by atoms with Crippen molar-refractivity contribution >= 4 is 50.5 Å². The molecule has 0 bridgehead atoms. The fraction of sp³-hybridized carbons (Fsp3) is 0.353. The first-order valence-corrected chi connectivity index (χ1v) is 19.1. The lowest BCUT2D eigenvalue weighted by atomic mass is 10.1. The van der Waals surface area contributed by atoms with Crippen molar-refractivity contribution in [2.75, 3.05) is 26.2 Å². The van der Waals surface area contributed by atoms with Crippen LogP contribution in [0, 0.1) is 17.8 Å². The Bertz CT molecular complexity index is 2130. The molecule has 2 aromatic heterocycles. The summed E-state index contributed by atoms with van der Waals surface area (Å²) in [7, 11) is -4.44. The molecule has 0 aliphatic carbocycles. The summed E-state index contributed by atoms with van der Waals surface area (Å²) in [6, 6.07) is 12.0. The minimum atomic E-state index is -4.58. The fourth-order valence-corrected chi connectivity index (χ4v) is 9.00. The quantitative estimate of drug-likeness (QED) is 0.151. The highest BCUT2D eigenvalue weighted by atomic mass is 35.5. The van der Waals surface area contributed by atoms with E-state index in [4.69, 9.17) is 23.2 Å². The highest BCUT2D eigenvalue weighted by Crippen LogP contribution is 2.40. The van der Waals surface area contributed by atoms with E-state index in [1.807, 2.05) is 0 Å². The second kappa shape index (κ2) is 15.0. The lowest BCUT2D eigenvalue weighted by Gasteiger charge is -2.26. The van der Waals surface area contributed by atoms with Gasteiger partial charge in [0.2, 0.25) is 10.0 Å². The Morgan fingerprint density at radius 3 is 2.29 bits per heavy atom. The van der Waals surface area contributed by atoms with Crippen LogP contribution in [0.5, 0.6) is 0 Å². The van der Waals surface area contributed by atoms with E-state index in [-0.39, 0.29) is 34.2 Å². The fourth-order valence-electron chi connectivity index (χ4n) is 5.98. The number of alkyl halides is 6. The minimum Gasteiger partial charge on any atom is -0.283 e. The van der Waals surface area contributed by atoms with Crippen molar-refractivity contribution in [3.63, 3.8) is 0 Å². The number of rotatable bonds is 7. The number of thiophene rings is 1. The van der Waals surface area contributed by atoms with Crippen LogP contribution in [0.3, 0.4) is 0 Å². The Morgan fingerprint density at radius 2 is 1.65 bits per heavy atom. The van der Waals surface area contributed by atoms with Gasteiger partial charge >= 0.3 is 12.4 Å². The molecule has 4 heterocycles. The van der Waals surface area contributed by atoms with Gasteiger partial charge in [-0.25, -0.2) is 22.4 Å². The molecule has 0 spiro atoms. The number of piperidine rings is 1. The first kappa shape index (κ1) is 38.1. The number of hydrogen-bond acceptors (Lipinski definition) is 6. The first-order valence-electron chi connectivity index (χ1n) is 16.0. The number of sulfonamides is 1. The molecule has 18 heteroatoms. The third-order valence-electron chi connectivity index (χ3n) is 8.67. The average Bonchev–Trinajstić information content (AvgIpc) is 3.84. The summed E-state index contributed by atoms with van der Waals surface area (Å²) >= 11 is 13.8. The molecule has 4 aromatic rings. The maximum atomic E-state index is 13.9. The normalized spacial score (nSPS) is 17.6. The molecule has 2 aliphatic heterocycles. The first-order chi connectivity index (χ1) is 24.5. The van der Waals surface area contributed by atoms with Crippen LogP contribution >= 0.6 is 34.5 Å². The van der Waals surface area contributed by atoms with Gasteiger partial charge in [-0.15, -0.1) is 11.3 Å². The smallest absolute Gasteiger partial charge is 0.283 e. The minimum absolute atomic E-state index is 0.0694. The number of amides is 1. The largest absolute Gasteiger partial charge is 0.416 e. The summed E-state index contributed by atoms with van der Waals surface area (Å²) in [5, 5.41) is 6.68. The summed E-state index contributed by atoms with van der Waals surface area (Å²) < 4.78 is 110. The van der Waals surface area contributed by atoms with Crippen molar-refractivity contribution in [3.05, 3.63) is 91.9 Å². The summed E-state index contributed by atoms with van der Waals surface area (Å²) in [6.07, 6.45) is -6.87. The second-order valence-electron chi connectivity index (χ2n) is 12.3. The van der Waals surface area contributed by atoms with Crippen LogP contribution < -0.4 is 5.43 Å². The van der Waals surface area contributed by atoms with Gasteiger partial charge in [0.25, 0.3) is 5.91 Å². The van der Waals surface area contributed by atoms with E-state index < -0.39 is 58.5 Å². The van der Waals surface area contributed by atoms with Crippen LogP contribution in [0.15, 0.2) is 54.6 Å². The van der Waals surface area contributed by atoms with Crippen molar-refractivity contribution < 1.29 is 39.6 Å². The van der Waals surface area contributed by atoms with Crippen molar-refractivity contribution in [3.8, 4) is 28.1 Å². The van der Waals surface area contributed by atoms with Gasteiger partial charge in [0.1, 0.15) is 0 Å². The molecule has 52 heavy (non-hydrogen) atoms. The number of halogens is 8. The van der Waals surface area contributed by atoms with Gasteiger partial charge in [0.15, 0.2) is 5.69 Å². The third kappa shape index (κ3) is 8.61. The number of carbonyl (C=O) groups is 1. The van der Waals surface area contributed by atoms with Gasteiger partial charge < -0.3 is 0 Å². The molecule has 0 saturated carbocycles. The summed E-state index contributed by atoms with van der Waals surface area (Å²) in [6.45, 7) is -0.00378. The van der Waals surface area contributed by atoms with Crippen LogP contribution in [0.2, 0.25) is 10.0 Å². The van der Waals surface area contributed by atoms with E-state index in [0.717, 1.165) is 47.0 Å². The molecule has 276 valence electrons. The predicted molar refractivity (Wildman–Crippen MR) is 186 cm³/mol. The molecule has 2 aliphatic rings. The van der Waals surface area contributed by atoms with Gasteiger partial charge in [-0.3, -0.25) is 10.2 Å². The molecular weight excluding hydrogens is 775 g/mol. The Balaban J connectivity index is 1.46. The van der Waals surface area contributed by atoms with Crippen molar-refractivity contribution in [1.29, 1.82) is 0 Å². The van der Waals surface area contributed by atoms with Crippen LogP contribution in [0.4, 0.5) is 26.3 Å². The lowest BCUT2D eigenvalue weighted by Crippen LogP contribution is -2.45. The monoisotopic (exact) mass is 803 g/mol. The zero-order chi connectivity index (χ0) is 37.4. The van der Waals surface area contributed by atoms with Gasteiger partial charge in [-0.2, -0.15) is 31.4 Å². The van der Waals surface area contributed by atoms with Gasteiger partial charge in [-0.05, 0) is 73.9 Å². The summed E-state index contributed by atoms with van der Waals surface area (Å²) in [5.41, 5.74) is 2.32. The second-order valence-corrected chi connectivity index (χ2v) is 16.2. The Hall–Kier alpha value is -3.59. The van der Waals surface area contributed by atoms with E-state index in [2.05, 4.69) is 22.4 Å². The molecule has 1 atom stereocenters. The zero-order valence-corrected chi connectivity index (χ0v) is 30.1. The highest BCUT2D eigenvalue weighted by molar-refractivity contribution is 7.88. The van der Waals surface area contributed by atoms with E-state index in [1.165, 1.54) is 35.0 Å². The average molecular weight is 805 g/mol. The van der Waals surface area contributed by atoms with E-state index in [1.54, 1.807) is 17.1 Å². The van der Waals surface area contributed by atoms with Gasteiger partial charge in [0, 0.05) is 42.3 Å². The van der Waals surface area contributed by atoms with Crippen molar-refractivity contribution in [2.24, 2.45) is 5.92 Å². The SMILES string of the molecule is O=C(NN1CCCCC1)c1nn(-c2ccc(Cl)cc2Cl)c(-c2ccc(C#Cc3ccc(C(F)(F)F)cc3)s2)c1CS(=O)(=O)N1CCC(C(F)(F)F)C1. The predicted octanol–water partition coefficient (Wildman–Crippen LogP) is 8.17. The van der Waals surface area contributed by atoms with Crippen LogP contribution in [-0.4, -0.2) is 65.8 Å². The number of hydrazine groups is 1. The molecule has 6 rings (SSSR count). The standard InChI is InChI=1S/C34H29Cl2F6N5O3S2/c35-24-9-12-28(27(36)18-24)47-31(29-13-11-25(51-29)10-6-21-4-7-22(8-5-21)33(37,38)39)26(30(43-47)32(48)44-45-15-2-1-3-16-45)20-52(49,50)46-17-14-23(19-46)34(40,41)42/h4-5,7-9,11-13,18,23H,1-3,14-17,19-20H2,(H,44,48). The Labute approximate surface area is 309 Å². The van der Waals surface area contributed by atoms with Gasteiger partial charge in [0.05, 0.1) is 43.4 Å².